The average molecular weight is 402 g/mol. The van der Waals surface area contributed by atoms with Crippen LogP contribution in [-0.4, -0.2) is 28.0 Å². The summed E-state index contributed by atoms with van der Waals surface area (Å²) in [6.07, 6.45) is 2.46. The summed E-state index contributed by atoms with van der Waals surface area (Å²) >= 11 is 1.78. The molecule has 146 valence electrons. The van der Waals surface area contributed by atoms with E-state index in [1.54, 1.807) is 11.3 Å². The van der Waals surface area contributed by atoms with Gasteiger partial charge in [-0.2, -0.15) is 13.5 Å². The van der Waals surface area contributed by atoms with Gasteiger partial charge in [0.2, 0.25) is 0 Å². The number of rotatable bonds is 4. The number of fused-ring (bicyclic) bond motifs is 1. The van der Waals surface area contributed by atoms with E-state index in [1.165, 1.54) is 41.8 Å². The van der Waals surface area contributed by atoms with Gasteiger partial charge in [-0.3, -0.25) is 9.88 Å². The molecule has 3 heterocycles. The first-order valence-corrected chi connectivity index (χ1v) is 9.89. The third-order valence-electron chi connectivity index (χ3n) is 5.00. The summed E-state index contributed by atoms with van der Waals surface area (Å²) in [6.45, 7) is 9.69. The minimum Gasteiger partial charge on any atom is -0.299 e. The van der Waals surface area contributed by atoms with Crippen LogP contribution in [0.25, 0.3) is 10.2 Å². The average Bonchev–Trinajstić information content (AvgIpc) is 3.11. The molecule has 27 heavy (non-hydrogen) atoms. The summed E-state index contributed by atoms with van der Waals surface area (Å²) < 4.78 is 1.30. The third kappa shape index (κ3) is 5.31. The molecule has 5 heteroatoms. The second-order valence-corrected chi connectivity index (χ2v) is 8.62. The normalized spacial score (nSPS) is 16.9. The first-order chi connectivity index (χ1) is 12.0. The van der Waals surface area contributed by atoms with Crippen LogP contribution in [0.5, 0.6) is 0 Å². The molecule has 1 atom stereocenters. The summed E-state index contributed by atoms with van der Waals surface area (Å²) in [6, 6.07) is 11.2. The maximum atomic E-state index is 4.63. The van der Waals surface area contributed by atoms with Crippen molar-refractivity contribution in [2.75, 3.05) is 13.1 Å². The fourth-order valence-corrected chi connectivity index (χ4v) is 4.85. The van der Waals surface area contributed by atoms with Gasteiger partial charge in [-0.25, -0.2) is 4.98 Å². The van der Waals surface area contributed by atoms with E-state index in [2.05, 4.69) is 66.0 Å². The van der Waals surface area contributed by atoms with Crippen molar-refractivity contribution >= 4 is 35.0 Å². The smallest absolute Gasteiger partial charge is 0.0907 e. The second kappa shape index (κ2) is 9.18. The lowest BCUT2D eigenvalue weighted by molar-refractivity contribution is 0.316. The molecule has 1 saturated heterocycles. The van der Waals surface area contributed by atoms with Gasteiger partial charge < -0.3 is 0 Å². The second-order valence-electron chi connectivity index (χ2n) is 7.39. The highest BCUT2D eigenvalue weighted by molar-refractivity contribution is 7.59. The van der Waals surface area contributed by atoms with Crippen LogP contribution in [0.1, 0.15) is 41.4 Å². The molecule has 3 aromatic rings. The van der Waals surface area contributed by atoms with Gasteiger partial charge in [0.1, 0.15) is 0 Å². The summed E-state index contributed by atoms with van der Waals surface area (Å²) in [5, 5.41) is 1.15. The maximum Gasteiger partial charge on any atom is 0.0907 e. The molecule has 4 rings (SSSR count). The first-order valence-electron chi connectivity index (χ1n) is 9.08. The van der Waals surface area contributed by atoms with Gasteiger partial charge in [0.25, 0.3) is 0 Å². The predicted octanol–water partition coefficient (Wildman–Crippen LogP) is 5.43. The molecule has 0 amide bonds. The van der Waals surface area contributed by atoms with Crippen LogP contribution in [-0.2, 0) is 13.0 Å². The number of pyridine rings is 1. The quantitative estimate of drug-likeness (QED) is 0.584. The highest BCUT2D eigenvalue weighted by atomic mass is 32.1. The Hall–Kier alpha value is -1.43. The number of likely N-dealkylation sites (tertiary alicyclic amines) is 1. The number of benzene rings is 1. The molecule has 3 nitrogen and oxygen atoms in total. The summed E-state index contributed by atoms with van der Waals surface area (Å²) in [5.41, 5.74) is 6.25. The van der Waals surface area contributed by atoms with Gasteiger partial charge in [-0.05, 0) is 81.5 Å². The van der Waals surface area contributed by atoms with E-state index < -0.39 is 0 Å². The fraction of sp³-hybridized carbons (Fsp3) is 0.455. The molecule has 1 fully saturated rings. The number of nitrogens with zero attached hydrogens (tertiary/aromatic N) is 3. The Labute approximate surface area is 174 Å². The zero-order chi connectivity index (χ0) is 17.4. The van der Waals surface area contributed by atoms with E-state index in [-0.39, 0.29) is 20.9 Å². The van der Waals surface area contributed by atoms with Crippen molar-refractivity contribution in [3.8, 4) is 0 Å². The van der Waals surface area contributed by atoms with Gasteiger partial charge in [-0.1, -0.05) is 13.5 Å². The van der Waals surface area contributed by atoms with Crippen molar-refractivity contribution in [1.82, 2.24) is 14.9 Å². The van der Waals surface area contributed by atoms with Crippen LogP contribution in [0.3, 0.4) is 0 Å². The van der Waals surface area contributed by atoms with Crippen LogP contribution >= 0.6 is 24.8 Å². The Morgan fingerprint density at radius 3 is 2.52 bits per heavy atom. The van der Waals surface area contributed by atoms with E-state index in [0.29, 0.717) is 0 Å². The molecule has 2 aromatic heterocycles. The van der Waals surface area contributed by atoms with Crippen molar-refractivity contribution in [3.63, 3.8) is 0 Å². The van der Waals surface area contributed by atoms with Crippen LogP contribution in [0.15, 0.2) is 30.3 Å². The topological polar surface area (TPSA) is 29.0 Å². The minimum absolute atomic E-state index is 0. The van der Waals surface area contributed by atoms with E-state index in [9.17, 15) is 0 Å². The van der Waals surface area contributed by atoms with Crippen LogP contribution in [0.2, 0.25) is 0 Å². The van der Waals surface area contributed by atoms with Crippen LogP contribution in [0, 0.1) is 26.7 Å². The number of thiazole rings is 1. The molecule has 1 aromatic carbocycles. The maximum absolute atomic E-state index is 4.63. The lowest BCUT2D eigenvalue weighted by Crippen LogP contribution is -2.20. The van der Waals surface area contributed by atoms with Crippen molar-refractivity contribution in [3.05, 3.63) is 57.9 Å². The van der Waals surface area contributed by atoms with Gasteiger partial charge >= 0.3 is 0 Å². The number of aromatic nitrogens is 2. The summed E-state index contributed by atoms with van der Waals surface area (Å²) in [7, 11) is 0. The lowest BCUT2D eigenvalue weighted by Gasteiger charge is -2.16. The highest BCUT2D eigenvalue weighted by Gasteiger charge is 2.23. The molecular weight excluding hydrogens is 370 g/mol. The molecule has 1 aliphatic heterocycles. The number of hydrogen-bond donors (Lipinski definition) is 0. The molecule has 0 spiro atoms. The Balaban J connectivity index is 0.00000131. The largest absolute Gasteiger partial charge is 0.299 e. The van der Waals surface area contributed by atoms with Crippen molar-refractivity contribution < 1.29 is 0 Å². The molecule has 0 saturated carbocycles. The van der Waals surface area contributed by atoms with E-state index >= 15 is 0 Å². The van der Waals surface area contributed by atoms with E-state index in [4.69, 9.17) is 0 Å². The SMILES string of the molecule is C.Cc1cc(CC2CCN(Cc3ccc4sc(C)nc4c3)C2)cc(C)n1.S. The number of hydrogen-bond acceptors (Lipinski definition) is 4. The third-order valence-corrected chi connectivity index (χ3v) is 5.95. The molecule has 0 bridgehead atoms. The molecule has 0 N–H and O–H groups in total. The highest BCUT2D eigenvalue weighted by Crippen LogP contribution is 2.26. The molecule has 1 aliphatic rings. The summed E-state index contributed by atoms with van der Waals surface area (Å²) in [5.74, 6) is 0.756. The molecular formula is C22H31N3S2. The summed E-state index contributed by atoms with van der Waals surface area (Å²) in [4.78, 5) is 11.7. The lowest BCUT2D eigenvalue weighted by atomic mass is 9.98. The zero-order valence-electron chi connectivity index (χ0n) is 15.7. The standard InChI is InChI=1S/C21H25N3S.CH4.H2S/c1-14-8-19(9-15(2)22-14)10-18-6-7-24(13-18)12-17-4-5-21-20(11-17)23-16(3)25-21;;/h4-5,8-9,11,18H,6-7,10,12-13H2,1-3H3;1H4;1H2. The van der Waals surface area contributed by atoms with E-state index in [0.717, 1.165) is 34.4 Å². The molecule has 1 unspecified atom stereocenters. The van der Waals surface area contributed by atoms with Gasteiger partial charge in [-0.15, -0.1) is 11.3 Å². The fourth-order valence-electron chi connectivity index (χ4n) is 4.04. The van der Waals surface area contributed by atoms with Gasteiger partial charge in [0, 0.05) is 24.5 Å². The van der Waals surface area contributed by atoms with Gasteiger partial charge in [0.05, 0.1) is 15.2 Å². The zero-order valence-corrected chi connectivity index (χ0v) is 17.6. The van der Waals surface area contributed by atoms with Crippen LogP contribution < -0.4 is 0 Å². The predicted molar refractivity (Wildman–Crippen MR) is 122 cm³/mol. The minimum atomic E-state index is 0. The molecule has 0 aliphatic carbocycles. The van der Waals surface area contributed by atoms with Gasteiger partial charge in [0.15, 0.2) is 0 Å². The monoisotopic (exact) mass is 401 g/mol. The van der Waals surface area contributed by atoms with Crippen molar-refractivity contribution in [2.24, 2.45) is 5.92 Å². The first kappa shape index (κ1) is 21.9. The van der Waals surface area contributed by atoms with Crippen molar-refractivity contribution in [2.45, 2.75) is 47.6 Å². The number of aryl methyl sites for hydroxylation is 3. The van der Waals surface area contributed by atoms with E-state index in [1.807, 2.05) is 0 Å². The van der Waals surface area contributed by atoms with Crippen LogP contribution in [0.4, 0.5) is 0 Å². The Kier molecular flexibility index (Phi) is 7.43. The van der Waals surface area contributed by atoms with Crippen molar-refractivity contribution in [1.29, 1.82) is 0 Å². The Bertz CT molecular complexity index is 883. The molecule has 0 radical (unpaired) electrons. The Morgan fingerprint density at radius 1 is 1.04 bits per heavy atom. The Morgan fingerprint density at radius 2 is 1.78 bits per heavy atom.